The molecule has 0 bridgehead atoms. The molecule has 5 heteroatoms. The van der Waals surface area contributed by atoms with Crippen LogP contribution in [-0.2, 0) is 0 Å². The first-order chi connectivity index (χ1) is 12.7. The van der Waals surface area contributed by atoms with Crippen molar-refractivity contribution >= 4 is 58.9 Å². The zero-order valence-electron chi connectivity index (χ0n) is 15.1. The molecule has 2 fully saturated rings. The molecule has 2 aliphatic heterocycles. The van der Waals surface area contributed by atoms with Gasteiger partial charge in [0.25, 0.3) is 0 Å². The number of rotatable bonds is 4. The molecule has 26 heavy (non-hydrogen) atoms. The van der Waals surface area contributed by atoms with E-state index in [1.807, 2.05) is 0 Å². The first-order valence-electron chi connectivity index (χ1n) is 8.93. The van der Waals surface area contributed by atoms with Gasteiger partial charge in [-0.2, -0.15) is 0 Å². The summed E-state index contributed by atoms with van der Waals surface area (Å²) >= 11 is 8.27. The Labute approximate surface area is 173 Å². The van der Waals surface area contributed by atoms with Gasteiger partial charge in [0.1, 0.15) is 0 Å². The van der Waals surface area contributed by atoms with Crippen LogP contribution in [0.25, 0.3) is 0 Å². The van der Waals surface area contributed by atoms with Crippen LogP contribution in [0.5, 0.6) is 0 Å². The Bertz CT molecular complexity index is 785. The fourth-order valence-corrected chi connectivity index (χ4v) is 9.09. The van der Waals surface area contributed by atoms with E-state index in [-0.39, 0.29) is 0 Å². The smallest absolute Gasteiger partial charge is 0.0758 e. The first-order valence-corrected chi connectivity index (χ1v) is 13.1. The third-order valence-electron chi connectivity index (χ3n) is 4.65. The quantitative estimate of drug-likeness (QED) is 0.496. The number of hydrogen-bond acceptors (Lipinski definition) is 5. The molecule has 0 spiro atoms. The van der Waals surface area contributed by atoms with Crippen molar-refractivity contribution < 1.29 is 0 Å². The van der Waals surface area contributed by atoms with Crippen LogP contribution in [0.4, 0.5) is 5.69 Å². The van der Waals surface area contributed by atoms with Gasteiger partial charge in [-0.1, -0.05) is 30.3 Å². The van der Waals surface area contributed by atoms with Crippen LogP contribution in [0.2, 0.25) is 0 Å². The number of aliphatic imine (C=N–C) groups is 1. The Morgan fingerprint density at radius 3 is 2.12 bits per heavy atom. The molecular formula is C21H23NS4. The van der Waals surface area contributed by atoms with Gasteiger partial charge in [-0.3, -0.25) is 4.99 Å². The molecule has 2 aliphatic rings. The van der Waals surface area contributed by atoms with Crippen LogP contribution in [0, 0.1) is 13.8 Å². The molecular weight excluding hydrogens is 395 g/mol. The normalized spacial score (nSPS) is 19.0. The largest absolute Gasteiger partial charge is 0.256 e. The van der Waals surface area contributed by atoms with Crippen molar-refractivity contribution in [2.75, 3.05) is 23.0 Å². The molecule has 2 heterocycles. The van der Waals surface area contributed by atoms with E-state index in [0.717, 1.165) is 5.69 Å². The molecule has 0 unspecified atom stereocenters. The number of thioether (sulfide) groups is 4. The number of hydrogen-bond donors (Lipinski definition) is 0. The van der Waals surface area contributed by atoms with E-state index in [2.05, 4.69) is 104 Å². The van der Waals surface area contributed by atoms with Gasteiger partial charge >= 0.3 is 0 Å². The van der Waals surface area contributed by atoms with Gasteiger partial charge in [0.05, 0.1) is 14.9 Å². The molecule has 0 aromatic heterocycles. The lowest BCUT2D eigenvalue weighted by atomic mass is 10.1. The van der Waals surface area contributed by atoms with Gasteiger partial charge in [-0.15, -0.1) is 47.0 Å². The zero-order chi connectivity index (χ0) is 17.9. The van der Waals surface area contributed by atoms with Crippen molar-refractivity contribution in [3.8, 4) is 0 Å². The summed E-state index contributed by atoms with van der Waals surface area (Å²) in [6, 6.07) is 13.5. The van der Waals surface area contributed by atoms with E-state index in [4.69, 9.17) is 4.99 Å². The van der Waals surface area contributed by atoms with Crippen molar-refractivity contribution in [3.63, 3.8) is 0 Å². The standard InChI is InChI=1S/C21H23NS4/c1-14-4-3-5-15(2)19(14)22-13-17-12-16(20-23-8-9-24-20)6-7-18(17)21-25-10-11-26-21/h3-7,12-13,20-21H,8-11H2,1-2H3. The van der Waals surface area contributed by atoms with E-state index >= 15 is 0 Å². The maximum Gasteiger partial charge on any atom is 0.0758 e. The van der Waals surface area contributed by atoms with Gasteiger partial charge in [0, 0.05) is 29.2 Å². The average molecular weight is 418 g/mol. The van der Waals surface area contributed by atoms with E-state index in [1.54, 1.807) is 0 Å². The van der Waals surface area contributed by atoms with Gasteiger partial charge in [-0.25, -0.2) is 0 Å². The van der Waals surface area contributed by atoms with Crippen LogP contribution < -0.4 is 0 Å². The van der Waals surface area contributed by atoms with E-state index in [1.165, 1.54) is 50.8 Å². The van der Waals surface area contributed by atoms with E-state index in [9.17, 15) is 0 Å². The summed E-state index contributed by atoms with van der Waals surface area (Å²) in [5.74, 6) is 5.02. The second-order valence-electron chi connectivity index (χ2n) is 6.53. The summed E-state index contributed by atoms with van der Waals surface area (Å²) in [4.78, 5) is 4.92. The number of benzene rings is 2. The first kappa shape index (κ1) is 18.9. The fraction of sp³-hybridized carbons (Fsp3) is 0.381. The maximum atomic E-state index is 4.92. The minimum Gasteiger partial charge on any atom is -0.256 e. The predicted molar refractivity (Wildman–Crippen MR) is 125 cm³/mol. The summed E-state index contributed by atoms with van der Waals surface area (Å²) in [7, 11) is 0. The highest BCUT2D eigenvalue weighted by molar-refractivity contribution is 8.19. The molecule has 2 aromatic rings. The maximum absolute atomic E-state index is 4.92. The second kappa shape index (κ2) is 8.68. The topological polar surface area (TPSA) is 12.4 Å². The van der Waals surface area contributed by atoms with Crippen molar-refractivity contribution in [2.45, 2.75) is 23.0 Å². The Kier molecular flexibility index (Phi) is 6.29. The van der Waals surface area contributed by atoms with Gasteiger partial charge < -0.3 is 0 Å². The lowest BCUT2D eigenvalue weighted by molar-refractivity contribution is 1.30. The Balaban J connectivity index is 1.71. The molecule has 0 radical (unpaired) electrons. The number of para-hydroxylation sites is 1. The summed E-state index contributed by atoms with van der Waals surface area (Å²) in [6.45, 7) is 4.29. The third kappa shape index (κ3) is 4.16. The van der Waals surface area contributed by atoms with Gasteiger partial charge in [-0.05, 0) is 47.7 Å². The summed E-state index contributed by atoms with van der Waals surface area (Å²) in [5, 5.41) is 0. The molecule has 0 saturated carbocycles. The Morgan fingerprint density at radius 1 is 0.846 bits per heavy atom. The van der Waals surface area contributed by atoms with Crippen molar-refractivity contribution in [1.82, 2.24) is 0 Å². The van der Waals surface area contributed by atoms with Crippen LogP contribution >= 0.6 is 47.0 Å². The van der Waals surface area contributed by atoms with Gasteiger partial charge in [0.2, 0.25) is 0 Å². The molecule has 0 N–H and O–H groups in total. The Morgan fingerprint density at radius 2 is 1.46 bits per heavy atom. The minimum atomic E-state index is 0.548. The lowest BCUT2D eigenvalue weighted by Crippen LogP contribution is -1.97. The highest BCUT2D eigenvalue weighted by Crippen LogP contribution is 2.49. The van der Waals surface area contributed by atoms with Crippen LogP contribution in [-0.4, -0.2) is 29.2 Å². The zero-order valence-corrected chi connectivity index (χ0v) is 18.4. The molecule has 2 aromatic carbocycles. The van der Waals surface area contributed by atoms with Gasteiger partial charge in [0.15, 0.2) is 0 Å². The monoisotopic (exact) mass is 417 g/mol. The van der Waals surface area contributed by atoms with Crippen LogP contribution in [0.15, 0.2) is 41.4 Å². The molecule has 0 atom stereocenters. The van der Waals surface area contributed by atoms with Crippen LogP contribution in [0.3, 0.4) is 0 Å². The second-order valence-corrected chi connectivity index (χ2v) is 12.0. The summed E-state index contributed by atoms with van der Waals surface area (Å²) in [5.41, 5.74) is 7.77. The highest BCUT2D eigenvalue weighted by atomic mass is 32.2. The number of nitrogens with zero attached hydrogens (tertiary/aromatic N) is 1. The van der Waals surface area contributed by atoms with Crippen molar-refractivity contribution in [3.05, 3.63) is 64.2 Å². The summed E-state index contributed by atoms with van der Waals surface area (Å²) < 4.78 is 1.13. The molecule has 2 saturated heterocycles. The predicted octanol–water partition coefficient (Wildman–Crippen LogP) is 7.01. The third-order valence-corrected chi connectivity index (χ3v) is 10.8. The Hall–Kier alpha value is -0.490. The highest BCUT2D eigenvalue weighted by Gasteiger charge is 2.23. The minimum absolute atomic E-state index is 0.548. The molecule has 136 valence electrons. The van der Waals surface area contributed by atoms with E-state index in [0.29, 0.717) is 9.16 Å². The molecule has 0 aliphatic carbocycles. The summed E-state index contributed by atoms with van der Waals surface area (Å²) in [6.07, 6.45) is 2.11. The SMILES string of the molecule is Cc1cccc(C)c1N=Cc1cc(C2SCCS2)ccc1C1SCCS1. The lowest BCUT2D eigenvalue weighted by Gasteiger charge is -2.16. The molecule has 0 amide bonds. The van der Waals surface area contributed by atoms with Crippen molar-refractivity contribution in [1.29, 1.82) is 0 Å². The molecule has 1 nitrogen and oxygen atoms in total. The molecule has 4 rings (SSSR count). The fourth-order valence-electron chi connectivity index (χ4n) is 3.30. The van der Waals surface area contributed by atoms with Crippen LogP contribution in [0.1, 0.15) is 37.0 Å². The average Bonchev–Trinajstić information content (AvgIpc) is 3.35. The van der Waals surface area contributed by atoms with E-state index < -0.39 is 0 Å². The van der Waals surface area contributed by atoms with Crippen molar-refractivity contribution in [2.24, 2.45) is 4.99 Å². The number of aryl methyl sites for hydroxylation is 2.